The van der Waals surface area contributed by atoms with Crippen LogP contribution in [0.2, 0.25) is 5.02 Å². The Bertz CT molecular complexity index is 1240. The molecule has 0 atom stereocenters. The fourth-order valence-electron chi connectivity index (χ4n) is 3.19. The number of carbonyl (C=O) groups is 2. The number of fused-ring (bicyclic) bond motifs is 1. The van der Waals surface area contributed by atoms with Gasteiger partial charge >= 0.3 is 0 Å². The van der Waals surface area contributed by atoms with Gasteiger partial charge in [0.15, 0.2) is 0 Å². The van der Waals surface area contributed by atoms with Gasteiger partial charge in [0, 0.05) is 39.8 Å². The predicted molar refractivity (Wildman–Crippen MR) is 123 cm³/mol. The molecule has 4 rings (SSSR count). The van der Waals surface area contributed by atoms with Crippen LogP contribution in [0.15, 0.2) is 90.8 Å². The topological polar surface area (TPSA) is 74.0 Å². The van der Waals surface area contributed by atoms with Crippen LogP contribution in [0, 0.1) is 0 Å². The van der Waals surface area contributed by atoms with Gasteiger partial charge in [-0.05, 0) is 42.0 Å². The van der Waals surface area contributed by atoms with Crippen LogP contribution in [0.5, 0.6) is 0 Å². The molecule has 154 valence electrons. The Morgan fingerprint density at radius 2 is 1.61 bits per heavy atom. The van der Waals surface area contributed by atoms with E-state index in [1.165, 1.54) is 0 Å². The summed E-state index contributed by atoms with van der Waals surface area (Å²) < 4.78 is 0. The molecule has 0 saturated carbocycles. The van der Waals surface area contributed by atoms with E-state index in [2.05, 4.69) is 15.6 Å². The minimum Gasteiger partial charge on any atom is -0.361 e. The molecule has 5 nitrogen and oxygen atoms in total. The first-order valence-corrected chi connectivity index (χ1v) is 10.1. The molecular formula is C25H20ClN3O2. The van der Waals surface area contributed by atoms with Crippen molar-refractivity contribution in [3.63, 3.8) is 0 Å². The van der Waals surface area contributed by atoms with Crippen LogP contribution >= 0.6 is 11.6 Å². The van der Waals surface area contributed by atoms with Gasteiger partial charge in [-0.25, -0.2) is 0 Å². The third-order valence-electron chi connectivity index (χ3n) is 4.82. The summed E-state index contributed by atoms with van der Waals surface area (Å²) in [6.07, 6.45) is 3.49. The quantitative estimate of drug-likeness (QED) is 0.381. The standard InChI is InChI=1S/C25H20ClN3O2/c26-20-12-10-17(11-13-20)15-28-25(31)23(29-24(30)18-6-2-1-3-7-18)14-19-16-27-22-9-5-4-8-21(19)22/h1-14,16,27H,15H2,(H,28,31)(H,29,30)/b23-14+. The lowest BCUT2D eigenvalue weighted by atomic mass is 10.1. The Kier molecular flexibility index (Phi) is 6.15. The Morgan fingerprint density at radius 1 is 0.903 bits per heavy atom. The van der Waals surface area contributed by atoms with Crippen molar-refractivity contribution in [2.75, 3.05) is 0 Å². The molecule has 2 amide bonds. The smallest absolute Gasteiger partial charge is 0.268 e. The molecule has 1 aromatic heterocycles. The minimum atomic E-state index is -0.385. The molecule has 0 aliphatic heterocycles. The highest BCUT2D eigenvalue weighted by molar-refractivity contribution is 6.30. The molecule has 3 aromatic carbocycles. The summed E-state index contributed by atoms with van der Waals surface area (Å²) in [6.45, 7) is 0.308. The number of H-pyrrole nitrogens is 1. The predicted octanol–water partition coefficient (Wildman–Crippen LogP) is 4.91. The molecule has 0 aliphatic rings. The van der Waals surface area contributed by atoms with Gasteiger partial charge in [0.05, 0.1) is 0 Å². The highest BCUT2D eigenvalue weighted by Crippen LogP contribution is 2.20. The first kappa shape index (κ1) is 20.4. The van der Waals surface area contributed by atoms with Gasteiger partial charge < -0.3 is 15.6 Å². The van der Waals surface area contributed by atoms with Crippen molar-refractivity contribution in [1.29, 1.82) is 0 Å². The van der Waals surface area contributed by atoms with Crippen molar-refractivity contribution in [2.45, 2.75) is 6.54 Å². The summed E-state index contributed by atoms with van der Waals surface area (Å²) >= 11 is 5.92. The molecule has 31 heavy (non-hydrogen) atoms. The van der Waals surface area contributed by atoms with Crippen molar-refractivity contribution < 1.29 is 9.59 Å². The van der Waals surface area contributed by atoms with Crippen molar-refractivity contribution in [3.05, 3.63) is 112 Å². The van der Waals surface area contributed by atoms with Crippen molar-refractivity contribution >= 4 is 40.4 Å². The average Bonchev–Trinajstić information content (AvgIpc) is 3.21. The lowest BCUT2D eigenvalue weighted by Gasteiger charge is -2.11. The molecule has 4 aromatic rings. The number of halogens is 1. The van der Waals surface area contributed by atoms with Crippen molar-refractivity contribution in [1.82, 2.24) is 15.6 Å². The molecule has 0 fully saturated rings. The van der Waals surface area contributed by atoms with E-state index < -0.39 is 0 Å². The number of carbonyl (C=O) groups excluding carboxylic acids is 2. The zero-order chi connectivity index (χ0) is 21.6. The number of benzene rings is 3. The number of hydrogen-bond acceptors (Lipinski definition) is 2. The summed E-state index contributed by atoms with van der Waals surface area (Å²) in [7, 11) is 0. The van der Waals surface area contributed by atoms with E-state index in [1.807, 2.05) is 48.7 Å². The minimum absolute atomic E-state index is 0.160. The average molecular weight is 430 g/mol. The van der Waals surface area contributed by atoms with Gasteiger partial charge in [0.1, 0.15) is 5.70 Å². The maximum absolute atomic E-state index is 13.0. The summed E-state index contributed by atoms with van der Waals surface area (Å²) in [6, 6.07) is 23.8. The SMILES string of the molecule is O=C(NCc1ccc(Cl)cc1)/C(=C\c1c[nH]c2ccccc12)NC(=O)c1ccccc1. The van der Waals surface area contributed by atoms with E-state index in [0.29, 0.717) is 17.1 Å². The van der Waals surface area contributed by atoms with Gasteiger partial charge in [-0.15, -0.1) is 0 Å². The van der Waals surface area contributed by atoms with E-state index in [0.717, 1.165) is 22.0 Å². The van der Waals surface area contributed by atoms with Gasteiger partial charge in [-0.2, -0.15) is 0 Å². The van der Waals surface area contributed by atoms with Gasteiger partial charge in [0.25, 0.3) is 11.8 Å². The van der Waals surface area contributed by atoms with Crippen LogP contribution in [0.25, 0.3) is 17.0 Å². The van der Waals surface area contributed by atoms with E-state index in [1.54, 1.807) is 42.5 Å². The normalized spacial score (nSPS) is 11.3. The maximum atomic E-state index is 13.0. The highest BCUT2D eigenvalue weighted by atomic mass is 35.5. The fourth-order valence-corrected chi connectivity index (χ4v) is 3.32. The lowest BCUT2D eigenvalue weighted by molar-refractivity contribution is -0.117. The molecule has 3 N–H and O–H groups in total. The Labute approximate surface area is 184 Å². The third-order valence-corrected chi connectivity index (χ3v) is 5.07. The van der Waals surface area contributed by atoms with Gasteiger partial charge in [0.2, 0.25) is 0 Å². The van der Waals surface area contributed by atoms with Crippen LogP contribution in [-0.4, -0.2) is 16.8 Å². The summed E-state index contributed by atoms with van der Waals surface area (Å²) in [5.41, 5.74) is 3.29. The Balaban J connectivity index is 1.60. The zero-order valence-corrected chi connectivity index (χ0v) is 17.3. The molecule has 0 radical (unpaired) electrons. The summed E-state index contributed by atoms with van der Waals surface area (Å²) in [5.74, 6) is -0.738. The molecule has 0 aliphatic carbocycles. The molecule has 0 spiro atoms. The number of amides is 2. The number of aromatic nitrogens is 1. The van der Waals surface area contributed by atoms with Gasteiger partial charge in [-0.3, -0.25) is 9.59 Å². The molecule has 0 saturated heterocycles. The van der Waals surface area contributed by atoms with E-state index in [9.17, 15) is 9.59 Å². The first-order chi connectivity index (χ1) is 15.1. The number of rotatable bonds is 6. The van der Waals surface area contributed by atoms with Crippen LogP contribution in [0.4, 0.5) is 0 Å². The van der Waals surface area contributed by atoms with Gasteiger partial charge in [-0.1, -0.05) is 60.1 Å². The third kappa shape index (κ3) is 5.02. The monoisotopic (exact) mass is 429 g/mol. The number of nitrogens with one attached hydrogen (secondary N) is 3. The van der Waals surface area contributed by atoms with Crippen molar-refractivity contribution in [3.8, 4) is 0 Å². The summed E-state index contributed by atoms with van der Waals surface area (Å²) in [5, 5.41) is 7.20. The summed E-state index contributed by atoms with van der Waals surface area (Å²) in [4.78, 5) is 28.9. The first-order valence-electron chi connectivity index (χ1n) is 9.77. The zero-order valence-electron chi connectivity index (χ0n) is 16.6. The number of para-hydroxylation sites is 1. The van der Waals surface area contributed by atoms with E-state index in [4.69, 9.17) is 11.6 Å². The molecular weight excluding hydrogens is 410 g/mol. The Hall–Kier alpha value is -3.83. The molecule has 0 bridgehead atoms. The van der Waals surface area contributed by atoms with Crippen LogP contribution in [0.1, 0.15) is 21.5 Å². The molecule has 6 heteroatoms. The second-order valence-electron chi connectivity index (χ2n) is 6.98. The molecule has 0 unspecified atom stereocenters. The van der Waals surface area contributed by atoms with Crippen molar-refractivity contribution in [2.24, 2.45) is 0 Å². The lowest BCUT2D eigenvalue weighted by Crippen LogP contribution is -2.34. The number of hydrogen-bond donors (Lipinski definition) is 3. The second kappa shape index (κ2) is 9.32. The number of aromatic amines is 1. The van der Waals surface area contributed by atoms with Crippen LogP contribution in [0.3, 0.4) is 0 Å². The molecule has 1 heterocycles. The fraction of sp³-hybridized carbons (Fsp3) is 0.0400. The van der Waals surface area contributed by atoms with E-state index in [-0.39, 0.29) is 17.5 Å². The largest absolute Gasteiger partial charge is 0.361 e. The Morgan fingerprint density at radius 3 is 2.39 bits per heavy atom. The van der Waals surface area contributed by atoms with E-state index >= 15 is 0 Å². The second-order valence-corrected chi connectivity index (χ2v) is 7.41. The van der Waals surface area contributed by atoms with Crippen LogP contribution < -0.4 is 10.6 Å². The van der Waals surface area contributed by atoms with Crippen LogP contribution in [-0.2, 0) is 11.3 Å². The maximum Gasteiger partial charge on any atom is 0.268 e. The highest BCUT2D eigenvalue weighted by Gasteiger charge is 2.15.